The van der Waals surface area contributed by atoms with E-state index < -0.39 is 26.5 Å². The first-order valence-electron chi connectivity index (χ1n) is 22.8. The van der Waals surface area contributed by atoms with Crippen molar-refractivity contribution in [2.75, 3.05) is 47.5 Å². The van der Waals surface area contributed by atoms with E-state index in [1.807, 2.05) is 21.1 Å². The average molecular weight is 791 g/mol. The fourth-order valence-corrected chi connectivity index (χ4v) is 7.29. The van der Waals surface area contributed by atoms with Crippen molar-refractivity contribution >= 4 is 19.8 Å². The zero-order valence-electron chi connectivity index (χ0n) is 36.2. The minimum absolute atomic E-state index is 0.0364. The van der Waals surface area contributed by atoms with Crippen LogP contribution in [0.2, 0.25) is 0 Å². The first-order chi connectivity index (χ1) is 26.0. The molecule has 0 bridgehead atoms. The molecular formula is C44H89NO8P+. The maximum Gasteiger partial charge on any atom is 0.472 e. The second kappa shape index (κ2) is 37.6. The van der Waals surface area contributed by atoms with E-state index in [0.29, 0.717) is 17.4 Å². The number of ether oxygens (including phenoxy) is 2. The fourth-order valence-electron chi connectivity index (χ4n) is 6.54. The number of carbonyl (C=O) groups is 2. The average Bonchev–Trinajstić information content (AvgIpc) is 3.12. The van der Waals surface area contributed by atoms with Gasteiger partial charge in [0, 0.05) is 12.8 Å². The van der Waals surface area contributed by atoms with Gasteiger partial charge in [0.15, 0.2) is 6.10 Å². The van der Waals surface area contributed by atoms with Gasteiger partial charge in [0.2, 0.25) is 0 Å². The Morgan fingerprint density at radius 3 is 1.19 bits per heavy atom. The number of esters is 2. The summed E-state index contributed by atoms with van der Waals surface area (Å²) in [4.78, 5) is 35.2. The maximum atomic E-state index is 12.7. The Bertz CT molecular complexity index is 896. The van der Waals surface area contributed by atoms with Crippen molar-refractivity contribution in [2.24, 2.45) is 0 Å². The predicted molar refractivity (Wildman–Crippen MR) is 225 cm³/mol. The molecule has 9 nitrogen and oxygen atoms in total. The van der Waals surface area contributed by atoms with Crippen LogP contribution in [0.4, 0.5) is 0 Å². The van der Waals surface area contributed by atoms with Crippen LogP contribution in [0.5, 0.6) is 0 Å². The second-order valence-electron chi connectivity index (χ2n) is 16.8. The van der Waals surface area contributed by atoms with E-state index in [2.05, 4.69) is 13.8 Å². The maximum absolute atomic E-state index is 12.7. The van der Waals surface area contributed by atoms with Gasteiger partial charge in [-0.2, -0.15) is 0 Å². The Balaban J connectivity index is 4.08. The SMILES string of the molecule is CCCCCCCCCCCCCCCCCCCCCCCCCC(=O)O[C@H](COC(=O)CCCCCCCCC)COP(=O)(O)OCC[N+](C)(C)C. The lowest BCUT2D eigenvalue weighted by atomic mass is 10.0. The van der Waals surface area contributed by atoms with Gasteiger partial charge in [-0.3, -0.25) is 18.6 Å². The van der Waals surface area contributed by atoms with Gasteiger partial charge in [-0.1, -0.05) is 194 Å². The molecule has 0 saturated carbocycles. The molecule has 0 saturated heterocycles. The van der Waals surface area contributed by atoms with Crippen molar-refractivity contribution < 1.29 is 42.1 Å². The summed E-state index contributed by atoms with van der Waals surface area (Å²) < 4.78 is 34.2. The molecule has 0 amide bonds. The lowest BCUT2D eigenvalue weighted by Gasteiger charge is -2.24. The van der Waals surface area contributed by atoms with Crippen LogP contribution in [-0.2, 0) is 32.7 Å². The minimum atomic E-state index is -4.36. The van der Waals surface area contributed by atoms with E-state index >= 15 is 0 Å². The molecule has 0 spiro atoms. The van der Waals surface area contributed by atoms with Crippen molar-refractivity contribution in [3.05, 3.63) is 0 Å². The number of nitrogens with zero attached hydrogens (tertiary/aromatic N) is 1. The minimum Gasteiger partial charge on any atom is -0.462 e. The number of carbonyl (C=O) groups excluding carboxylic acids is 2. The van der Waals surface area contributed by atoms with Gasteiger partial charge in [-0.15, -0.1) is 0 Å². The second-order valence-corrected chi connectivity index (χ2v) is 18.3. The standard InChI is InChI=1S/C44H88NO8P/c1-6-8-10-12-14-15-16-17-18-19-20-21-22-23-24-25-26-27-28-29-31-33-35-37-44(47)53-42(41-52-54(48,49)51-39-38-45(3,4)5)40-50-43(46)36-34-32-30-13-11-9-7-2/h42H,6-41H2,1-5H3/p+1/t42-/m1/s1. The number of likely N-dealkylation sites (N-methyl/N-ethyl adjacent to an activating group) is 1. The number of phosphoric acid groups is 1. The van der Waals surface area contributed by atoms with Crippen molar-refractivity contribution in [1.82, 2.24) is 0 Å². The first kappa shape index (κ1) is 53.0. The van der Waals surface area contributed by atoms with E-state index in [4.69, 9.17) is 18.5 Å². The number of hydrogen-bond donors (Lipinski definition) is 1. The third-order valence-corrected chi connectivity index (χ3v) is 11.1. The summed E-state index contributed by atoms with van der Waals surface area (Å²) in [6, 6.07) is 0. The van der Waals surface area contributed by atoms with Crippen LogP contribution in [0, 0.1) is 0 Å². The summed E-state index contributed by atoms with van der Waals surface area (Å²) >= 11 is 0. The molecule has 1 unspecified atom stereocenters. The molecule has 0 aliphatic rings. The number of quaternary nitrogens is 1. The van der Waals surface area contributed by atoms with Gasteiger partial charge in [-0.25, -0.2) is 4.57 Å². The summed E-state index contributed by atoms with van der Waals surface area (Å²) in [6.07, 6.45) is 37.5. The Morgan fingerprint density at radius 1 is 0.500 bits per heavy atom. The van der Waals surface area contributed by atoms with Crippen molar-refractivity contribution in [2.45, 2.75) is 225 Å². The third kappa shape index (κ3) is 40.7. The summed E-state index contributed by atoms with van der Waals surface area (Å²) in [5.74, 6) is -0.792. The van der Waals surface area contributed by atoms with Crippen LogP contribution in [0.3, 0.4) is 0 Å². The monoisotopic (exact) mass is 791 g/mol. The largest absolute Gasteiger partial charge is 0.472 e. The van der Waals surface area contributed by atoms with Gasteiger partial charge in [0.05, 0.1) is 27.7 Å². The Hall–Kier alpha value is -0.990. The van der Waals surface area contributed by atoms with Gasteiger partial charge in [0.25, 0.3) is 0 Å². The van der Waals surface area contributed by atoms with Crippen molar-refractivity contribution in [3.8, 4) is 0 Å². The molecule has 10 heteroatoms. The van der Waals surface area contributed by atoms with Crippen LogP contribution >= 0.6 is 7.82 Å². The topological polar surface area (TPSA) is 108 Å². The van der Waals surface area contributed by atoms with E-state index in [9.17, 15) is 19.0 Å². The van der Waals surface area contributed by atoms with Crippen molar-refractivity contribution in [1.29, 1.82) is 0 Å². The number of hydrogen-bond acceptors (Lipinski definition) is 7. The highest BCUT2D eigenvalue weighted by molar-refractivity contribution is 7.47. The van der Waals surface area contributed by atoms with Crippen LogP contribution < -0.4 is 0 Å². The van der Waals surface area contributed by atoms with Gasteiger partial charge < -0.3 is 18.9 Å². The summed E-state index contributed by atoms with van der Waals surface area (Å²) in [7, 11) is 1.49. The van der Waals surface area contributed by atoms with Gasteiger partial charge in [-0.05, 0) is 12.8 Å². The molecular weight excluding hydrogens is 701 g/mol. The summed E-state index contributed by atoms with van der Waals surface area (Å²) in [5.41, 5.74) is 0. The highest BCUT2D eigenvalue weighted by atomic mass is 31.2. The van der Waals surface area contributed by atoms with Gasteiger partial charge >= 0.3 is 19.8 Å². The van der Waals surface area contributed by atoms with Crippen LogP contribution in [0.1, 0.15) is 219 Å². The molecule has 0 aromatic rings. The van der Waals surface area contributed by atoms with E-state index in [1.165, 1.54) is 154 Å². The molecule has 0 radical (unpaired) electrons. The molecule has 0 aromatic carbocycles. The van der Waals surface area contributed by atoms with E-state index in [-0.39, 0.29) is 25.6 Å². The van der Waals surface area contributed by atoms with Crippen molar-refractivity contribution in [3.63, 3.8) is 0 Å². The number of phosphoric ester groups is 1. The quantitative estimate of drug-likeness (QED) is 0.0282. The first-order valence-corrected chi connectivity index (χ1v) is 24.3. The lowest BCUT2D eigenvalue weighted by Crippen LogP contribution is -2.37. The predicted octanol–water partition coefficient (Wildman–Crippen LogP) is 12.8. The van der Waals surface area contributed by atoms with E-state index in [1.54, 1.807) is 0 Å². The molecule has 2 atom stereocenters. The number of unbranched alkanes of at least 4 members (excludes halogenated alkanes) is 28. The Labute approximate surface area is 334 Å². The molecule has 0 fully saturated rings. The fraction of sp³-hybridized carbons (Fsp3) is 0.955. The highest BCUT2D eigenvalue weighted by Crippen LogP contribution is 2.43. The normalized spacial score (nSPS) is 13.5. The molecule has 322 valence electrons. The summed E-state index contributed by atoms with van der Waals surface area (Å²) in [6.45, 7) is 4.41. The Kier molecular flexibility index (Phi) is 36.9. The molecule has 0 rings (SSSR count). The number of rotatable bonds is 42. The van der Waals surface area contributed by atoms with Crippen LogP contribution in [0.15, 0.2) is 0 Å². The van der Waals surface area contributed by atoms with Gasteiger partial charge in [0.1, 0.15) is 19.8 Å². The zero-order chi connectivity index (χ0) is 40.0. The molecule has 0 aliphatic carbocycles. The molecule has 1 N–H and O–H groups in total. The Morgan fingerprint density at radius 2 is 0.833 bits per heavy atom. The molecule has 0 heterocycles. The molecule has 54 heavy (non-hydrogen) atoms. The summed E-state index contributed by atoms with van der Waals surface area (Å²) in [5, 5.41) is 0. The molecule has 0 aromatic heterocycles. The lowest BCUT2D eigenvalue weighted by molar-refractivity contribution is -0.870. The zero-order valence-corrected chi connectivity index (χ0v) is 37.1. The van der Waals surface area contributed by atoms with E-state index in [0.717, 1.165) is 38.5 Å². The highest BCUT2D eigenvalue weighted by Gasteiger charge is 2.27. The van der Waals surface area contributed by atoms with Crippen LogP contribution in [0.25, 0.3) is 0 Å². The smallest absolute Gasteiger partial charge is 0.462 e. The third-order valence-electron chi connectivity index (χ3n) is 10.1. The van der Waals surface area contributed by atoms with Crippen LogP contribution in [-0.4, -0.2) is 74.9 Å². The molecule has 0 aliphatic heterocycles.